The van der Waals surface area contributed by atoms with Crippen LogP contribution in [0.25, 0.3) is 11.1 Å². The van der Waals surface area contributed by atoms with Crippen molar-refractivity contribution in [3.8, 4) is 11.1 Å². The van der Waals surface area contributed by atoms with Gasteiger partial charge in [-0.2, -0.15) is 10.2 Å². The van der Waals surface area contributed by atoms with Gasteiger partial charge in [-0.3, -0.25) is 0 Å². The van der Waals surface area contributed by atoms with E-state index in [0.29, 0.717) is 24.5 Å². The third kappa shape index (κ3) is 3.79. The van der Waals surface area contributed by atoms with Gasteiger partial charge in [0.1, 0.15) is 0 Å². The van der Waals surface area contributed by atoms with Crippen LogP contribution in [0.4, 0.5) is 11.4 Å². The molecule has 0 spiro atoms. The lowest BCUT2D eigenvalue weighted by Gasteiger charge is -2.10. The van der Waals surface area contributed by atoms with E-state index in [9.17, 15) is 0 Å². The fourth-order valence-electron chi connectivity index (χ4n) is 2.52. The largest absolute Gasteiger partial charge is 0.398 e. The maximum absolute atomic E-state index is 6.12. The molecule has 0 atom stereocenters. The second-order valence-corrected chi connectivity index (χ2v) is 5.59. The highest BCUT2D eigenvalue weighted by atomic mass is 15.1. The summed E-state index contributed by atoms with van der Waals surface area (Å²) in [6.45, 7) is 1.01. The minimum absolute atomic E-state index is 0.443. The molecule has 0 bridgehead atoms. The van der Waals surface area contributed by atoms with E-state index in [-0.39, 0.29) is 0 Å². The zero-order valence-electron chi connectivity index (χ0n) is 13.4. The summed E-state index contributed by atoms with van der Waals surface area (Å²) in [4.78, 5) is 0. The third-order valence-electron chi connectivity index (χ3n) is 3.83. The van der Waals surface area contributed by atoms with Crippen molar-refractivity contribution < 1.29 is 0 Å². The minimum Gasteiger partial charge on any atom is -0.398 e. The average molecular weight is 316 g/mol. The van der Waals surface area contributed by atoms with E-state index in [1.165, 1.54) is 0 Å². The highest BCUT2D eigenvalue weighted by Gasteiger charge is 2.07. The topological polar surface area (TPSA) is 76.8 Å². The quantitative estimate of drug-likeness (QED) is 0.530. The number of azo groups is 1. The maximum Gasteiger partial charge on any atom is 0.0869 e. The Kier molecular flexibility index (Phi) is 4.87. The predicted molar refractivity (Wildman–Crippen MR) is 99.4 cm³/mol. The molecule has 0 fully saturated rings. The fourth-order valence-corrected chi connectivity index (χ4v) is 2.52. The van der Waals surface area contributed by atoms with Crippen molar-refractivity contribution in [3.05, 3.63) is 83.9 Å². The normalized spacial score (nSPS) is 11.0. The first-order chi connectivity index (χ1) is 11.7. The van der Waals surface area contributed by atoms with Gasteiger partial charge in [0.25, 0.3) is 0 Å². The fraction of sp³-hybridized carbons (Fsp3) is 0.100. The zero-order valence-corrected chi connectivity index (χ0v) is 13.4. The van der Waals surface area contributed by atoms with Gasteiger partial charge in [0.15, 0.2) is 0 Å². The van der Waals surface area contributed by atoms with Gasteiger partial charge in [0.2, 0.25) is 0 Å². The van der Waals surface area contributed by atoms with Gasteiger partial charge in [-0.1, -0.05) is 60.7 Å². The molecule has 0 heterocycles. The van der Waals surface area contributed by atoms with E-state index < -0.39 is 0 Å². The Balaban J connectivity index is 1.76. The first kappa shape index (κ1) is 15.7. The monoisotopic (exact) mass is 316 g/mol. The van der Waals surface area contributed by atoms with Crippen molar-refractivity contribution in [2.45, 2.75) is 13.1 Å². The Labute approximate surface area is 141 Å². The predicted octanol–water partition coefficient (Wildman–Crippen LogP) is 4.67. The van der Waals surface area contributed by atoms with Crippen molar-refractivity contribution in [1.82, 2.24) is 0 Å². The highest BCUT2D eigenvalue weighted by Crippen LogP contribution is 2.30. The van der Waals surface area contributed by atoms with E-state index in [1.54, 1.807) is 6.07 Å². The van der Waals surface area contributed by atoms with Crippen molar-refractivity contribution in [1.29, 1.82) is 0 Å². The van der Waals surface area contributed by atoms with E-state index in [1.807, 2.05) is 66.7 Å². The lowest BCUT2D eigenvalue weighted by Crippen LogP contribution is -1.98. The molecule has 0 unspecified atom stereocenters. The van der Waals surface area contributed by atoms with Gasteiger partial charge in [0.05, 0.1) is 13.1 Å². The van der Waals surface area contributed by atoms with E-state index in [2.05, 4.69) is 10.2 Å². The molecule has 0 aliphatic heterocycles. The number of hydrogen-bond donors (Lipinski definition) is 2. The molecule has 0 aliphatic carbocycles. The lowest BCUT2D eigenvalue weighted by molar-refractivity contribution is 0.852. The Morgan fingerprint density at radius 3 is 2.00 bits per heavy atom. The van der Waals surface area contributed by atoms with Gasteiger partial charge in [-0.05, 0) is 28.8 Å². The molecule has 4 N–H and O–H groups in total. The highest BCUT2D eigenvalue weighted by molar-refractivity contribution is 5.80. The average Bonchev–Trinajstić information content (AvgIpc) is 2.62. The molecule has 3 rings (SSSR count). The summed E-state index contributed by atoms with van der Waals surface area (Å²) >= 11 is 0. The molecular weight excluding hydrogens is 296 g/mol. The molecule has 4 heteroatoms. The number of nitrogens with zero attached hydrogens (tertiary/aromatic N) is 2. The summed E-state index contributed by atoms with van der Waals surface area (Å²) < 4.78 is 0. The number of anilines is 2. The lowest BCUT2D eigenvalue weighted by atomic mass is 10.00. The molecule has 0 saturated carbocycles. The molecule has 120 valence electrons. The Hall–Kier alpha value is -3.14. The number of nitrogens with two attached hydrogens (primary N) is 2. The van der Waals surface area contributed by atoms with Gasteiger partial charge < -0.3 is 11.5 Å². The molecule has 0 amide bonds. The van der Waals surface area contributed by atoms with E-state index >= 15 is 0 Å². The van der Waals surface area contributed by atoms with Crippen LogP contribution in [-0.2, 0) is 13.1 Å². The maximum atomic E-state index is 6.12. The van der Waals surface area contributed by atoms with Crippen molar-refractivity contribution in [2.24, 2.45) is 10.2 Å². The van der Waals surface area contributed by atoms with Crippen molar-refractivity contribution in [3.63, 3.8) is 0 Å². The Bertz CT molecular complexity index is 827. The van der Waals surface area contributed by atoms with Crippen LogP contribution in [0, 0.1) is 0 Å². The first-order valence-corrected chi connectivity index (χ1v) is 7.84. The van der Waals surface area contributed by atoms with Crippen LogP contribution in [0.15, 0.2) is 83.0 Å². The molecular formula is C20H20N4. The van der Waals surface area contributed by atoms with Crippen LogP contribution in [0.1, 0.15) is 11.1 Å². The molecule has 3 aromatic carbocycles. The summed E-state index contributed by atoms with van der Waals surface area (Å²) in [6.07, 6.45) is 0. The molecule has 0 radical (unpaired) electrons. The van der Waals surface area contributed by atoms with Gasteiger partial charge in [-0.15, -0.1) is 0 Å². The molecule has 4 nitrogen and oxygen atoms in total. The standard InChI is InChI=1S/C20H20N4/c21-19-12-20(22)18(16-9-5-2-6-10-16)11-17(19)14-24-23-13-15-7-3-1-4-8-15/h1-12H,13-14,21-22H2. The molecule has 0 aliphatic rings. The van der Waals surface area contributed by atoms with Gasteiger partial charge >= 0.3 is 0 Å². The molecule has 0 aromatic heterocycles. The van der Waals surface area contributed by atoms with Crippen LogP contribution in [0.2, 0.25) is 0 Å². The second-order valence-electron chi connectivity index (χ2n) is 5.59. The van der Waals surface area contributed by atoms with Crippen LogP contribution >= 0.6 is 0 Å². The smallest absolute Gasteiger partial charge is 0.0869 e. The summed E-state index contributed by atoms with van der Waals surface area (Å²) in [5.74, 6) is 0. The summed E-state index contributed by atoms with van der Waals surface area (Å²) in [6, 6.07) is 23.9. The molecule has 3 aromatic rings. The zero-order chi connectivity index (χ0) is 16.8. The number of hydrogen-bond acceptors (Lipinski definition) is 4. The second kappa shape index (κ2) is 7.42. The third-order valence-corrected chi connectivity index (χ3v) is 3.83. The van der Waals surface area contributed by atoms with Gasteiger partial charge in [0, 0.05) is 16.9 Å². The Morgan fingerprint density at radius 1 is 0.667 bits per heavy atom. The summed E-state index contributed by atoms with van der Waals surface area (Å²) in [7, 11) is 0. The van der Waals surface area contributed by atoms with Crippen LogP contribution in [-0.4, -0.2) is 0 Å². The molecule has 0 saturated heterocycles. The molecule has 24 heavy (non-hydrogen) atoms. The van der Waals surface area contributed by atoms with Crippen LogP contribution < -0.4 is 11.5 Å². The van der Waals surface area contributed by atoms with E-state index in [0.717, 1.165) is 22.3 Å². The van der Waals surface area contributed by atoms with E-state index in [4.69, 9.17) is 11.5 Å². The first-order valence-electron chi connectivity index (χ1n) is 7.84. The SMILES string of the molecule is Nc1cc(N)c(-c2ccccc2)cc1CN=NCc1ccccc1. The van der Waals surface area contributed by atoms with Crippen LogP contribution in [0.3, 0.4) is 0 Å². The van der Waals surface area contributed by atoms with Crippen molar-refractivity contribution >= 4 is 11.4 Å². The number of benzene rings is 3. The minimum atomic E-state index is 0.443. The Morgan fingerprint density at radius 2 is 1.29 bits per heavy atom. The summed E-state index contributed by atoms with van der Waals surface area (Å²) in [5.41, 5.74) is 17.6. The number of rotatable bonds is 5. The number of nitrogen functional groups attached to an aromatic ring is 2. The van der Waals surface area contributed by atoms with Crippen LogP contribution in [0.5, 0.6) is 0 Å². The summed E-state index contributed by atoms with van der Waals surface area (Å²) in [5, 5.41) is 8.51. The van der Waals surface area contributed by atoms with Crippen molar-refractivity contribution in [2.75, 3.05) is 11.5 Å². The van der Waals surface area contributed by atoms with Gasteiger partial charge in [-0.25, -0.2) is 0 Å².